The molecule has 0 spiro atoms. The van der Waals surface area contributed by atoms with Gasteiger partial charge in [0.2, 0.25) is 0 Å². The third kappa shape index (κ3) is 3.24. The largest absolute Gasteiger partial charge is 0.508 e. The summed E-state index contributed by atoms with van der Waals surface area (Å²) in [5.41, 5.74) is 0.439. The average molecular weight is 296 g/mol. The van der Waals surface area contributed by atoms with Crippen LogP contribution >= 0.6 is 0 Å². The van der Waals surface area contributed by atoms with Crippen molar-refractivity contribution in [2.45, 2.75) is 51.6 Å². The second-order valence-electron chi connectivity index (χ2n) is 6.24. The zero-order chi connectivity index (χ0) is 15.8. The summed E-state index contributed by atoms with van der Waals surface area (Å²) in [6.45, 7) is 7.82. The summed E-state index contributed by atoms with van der Waals surface area (Å²) in [4.78, 5) is 0. The molecule has 1 aliphatic rings. The molecule has 0 aliphatic carbocycles. The van der Waals surface area contributed by atoms with Gasteiger partial charge < -0.3 is 24.1 Å². The van der Waals surface area contributed by atoms with Gasteiger partial charge in [-0.15, -0.1) is 0 Å². The summed E-state index contributed by atoms with van der Waals surface area (Å²) in [6.07, 6.45) is 0.433. The van der Waals surface area contributed by atoms with Crippen molar-refractivity contribution in [1.29, 1.82) is 0 Å². The fourth-order valence-electron chi connectivity index (χ4n) is 2.85. The molecule has 1 fully saturated rings. The van der Waals surface area contributed by atoms with Gasteiger partial charge >= 0.3 is 0 Å². The molecular formula is C16H24O5. The van der Waals surface area contributed by atoms with Crippen LogP contribution in [0.15, 0.2) is 12.1 Å². The van der Waals surface area contributed by atoms with Crippen LogP contribution in [0.2, 0.25) is 0 Å². The highest BCUT2D eigenvalue weighted by Gasteiger charge is 2.47. The molecule has 1 N–H and O–H groups in total. The lowest BCUT2D eigenvalue weighted by Gasteiger charge is -2.25. The molecule has 21 heavy (non-hydrogen) atoms. The van der Waals surface area contributed by atoms with Crippen LogP contribution in [0.1, 0.15) is 33.3 Å². The maximum Gasteiger partial charge on any atom is 0.164 e. The monoisotopic (exact) mass is 296 g/mol. The van der Waals surface area contributed by atoms with E-state index in [1.165, 1.54) is 0 Å². The minimum Gasteiger partial charge on any atom is -0.508 e. The number of hydrogen-bond donors (Lipinski definition) is 1. The maximum atomic E-state index is 9.71. The van der Waals surface area contributed by atoms with Gasteiger partial charge in [-0.05, 0) is 27.7 Å². The summed E-state index contributed by atoms with van der Waals surface area (Å²) in [5.74, 6) is 0.647. The molecule has 1 saturated heterocycles. The predicted molar refractivity (Wildman–Crippen MR) is 79.0 cm³/mol. The highest BCUT2D eigenvalue weighted by Crippen LogP contribution is 2.41. The lowest BCUT2D eigenvalue weighted by atomic mass is 9.94. The number of rotatable bonds is 4. The van der Waals surface area contributed by atoms with Gasteiger partial charge in [-0.3, -0.25) is 0 Å². The van der Waals surface area contributed by atoms with E-state index in [2.05, 4.69) is 0 Å². The smallest absolute Gasteiger partial charge is 0.164 e. The van der Waals surface area contributed by atoms with E-state index in [9.17, 15) is 5.11 Å². The first-order valence-corrected chi connectivity index (χ1v) is 7.00. The lowest BCUT2D eigenvalue weighted by molar-refractivity contribution is -0.157. The molecule has 1 aromatic rings. The Bertz CT molecular complexity index is 496. The van der Waals surface area contributed by atoms with E-state index in [0.29, 0.717) is 17.9 Å². The van der Waals surface area contributed by atoms with E-state index in [1.807, 2.05) is 27.7 Å². The number of phenols is 1. The molecule has 1 heterocycles. The van der Waals surface area contributed by atoms with E-state index in [-0.39, 0.29) is 11.9 Å². The van der Waals surface area contributed by atoms with Crippen molar-refractivity contribution in [2.24, 2.45) is 0 Å². The van der Waals surface area contributed by atoms with Crippen LogP contribution in [0.4, 0.5) is 0 Å². The lowest BCUT2D eigenvalue weighted by Crippen LogP contribution is -2.34. The zero-order valence-electron chi connectivity index (χ0n) is 13.5. The van der Waals surface area contributed by atoms with Gasteiger partial charge in [0.25, 0.3) is 0 Å². The Kier molecular flexibility index (Phi) is 4.08. The molecule has 0 radical (unpaired) electrons. The van der Waals surface area contributed by atoms with E-state index >= 15 is 0 Å². The fourth-order valence-corrected chi connectivity index (χ4v) is 2.85. The van der Waals surface area contributed by atoms with Crippen LogP contribution in [-0.4, -0.2) is 36.8 Å². The highest BCUT2D eigenvalue weighted by atomic mass is 16.8. The molecular weight excluding hydrogens is 272 g/mol. The second kappa shape index (κ2) is 5.39. The normalized spacial score (nSPS) is 23.0. The van der Waals surface area contributed by atoms with Crippen molar-refractivity contribution in [3.8, 4) is 17.2 Å². The van der Waals surface area contributed by atoms with Gasteiger partial charge in [-0.25, -0.2) is 0 Å². The molecule has 0 bridgehead atoms. The Balaban J connectivity index is 2.35. The Morgan fingerprint density at radius 3 is 2.00 bits per heavy atom. The molecule has 118 valence electrons. The summed E-state index contributed by atoms with van der Waals surface area (Å²) in [5, 5.41) is 9.71. The molecule has 1 aromatic carbocycles. The van der Waals surface area contributed by atoms with Gasteiger partial charge in [0.1, 0.15) is 17.2 Å². The Morgan fingerprint density at radius 1 is 1.10 bits per heavy atom. The van der Waals surface area contributed by atoms with Crippen LogP contribution in [0.3, 0.4) is 0 Å². The number of hydrogen-bond acceptors (Lipinski definition) is 5. The topological polar surface area (TPSA) is 57.2 Å². The first-order valence-electron chi connectivity index (χ1n) is 7.00. The maximum absolute atomic E-state index is 9.71. The molecule has 1 aliphatic heterocycles. The molecule has 1 atom stereocenters. The Hall–Kier alpha value is -1.46. The van der Waals surface area contributed by atoms with E-state index in [4.69, 9.17) is 18.9 Å². The summed E-state index contributed by atoms with van der Waals surface area (Å²) in [6, 6.07) is 3.15. The van der Waals surface area contributed by atoms with Crippen LogP contribution in [-0.2, 0) is 15.9 Å². The molecule has 0 unspecified atom stereocenters. The number of aromatic hydroxyl groups is 1. The average Bonchev–Trinajstić information content (AvgIpc) is 2.58. The quantitative estimate of drug-likeness (QED) is 0.926. The summed E-state index contributed by atoms with van der Waals surface area (Å²) < 4.78 is 22.7. The Morgan fingerprint density at radius 2 is 1.62 bits per heavy atom. The van der Waals surface area contributed by atoms with Crippen molar-refractivity contribution in [2.75, 3.05) is 14.2 Å². The number of methoxy groups -OCH3 is 2. The van der Waals surface area contributed by atoms with E-state index < -0.39 is 11.4 Å². The van der Waals surface area contributed by atoms with Gasteiger partial charge in [-0.1, -0.05) is 0 Å². The number of ether oxygens (including phenoxy) is 4. The fraction of sp³-hybridized carbons (Fsp3) is 0.625. The first-order chi connectivity index (χ1) is 9.68. The summed E-state index contributed by atoms with van der Waals surface area (Å²) >= 11 is 0. The molecule has 0 saturated carbocycles. The molecule has 0 aromatic heterocycles. The third-order valence-electron chi connectivity index (χ3n) is 3.69. The van der Waals surface area contributed by atoms with Gasteiger partial charge in [0, 0.05) is 24.1 Å². The zero-order valence-corrected chi connectivity index (χ0v) is 13.5. The molecule has 2 rings (SSSR count). The Labute approximate surface area is 125 Å². The molecule has 0 amide bonds. The third-order valence-corrected chi connectivity index (χ3v) is 3.69. The van der Waals surface area contributed by atoms with Crippen LogP contribution in [0.25, 0.3) is 0 Å². The molecule has 5 heteroatoms. The summed E-state index contributed by atoms with van der Waals surface area (Å²) in [7, 11) is 3.14. The van der Waals surface area contributed by atoms with Crippen LogP contribution in [0, 0.1) is 0 Å². The van der Waals surface area contributed by atoms with Crippen molar-refractivity contribution in [3.05, 3.63) is 17.7 Å². The number of phenolic OH excluding ortho intramolecular Hbond substituents is 1. The predicted octanol–water partition coefficient (Wildman–Crippen LogP) is 2.88. The van der Waals surface area contributed by atoms with Crippen LogP contribution in [0.5, 0.6) is 17.2 Å². The van der Waals surface area contributed by atoms with Gasteiger partial charge in [0.15, 0.2) is 5.79 Å². The standard InChI is InChI=1S/C16H24O5/c1-15(2)14(20-16(3,4)21-15)9-11-12(18-5)7-10(17)8-13(11)19-6/h7-8,14,17H,9H2,1-6H3/t14-/m1/s1. The van der Waals surface area contributed by atoms with Crippen molar-refractivity contribution < 1.29 is 24.1 Å². The first kappa shape index (κ1) is 15.9. The van der Waals surface area contributed by atoms with E-state index in [0.717, 1.165) is 5.56 Å². The van der Waals surface area contributed by atoms with Gasteiger partial charge in [-0.2, -0.15) is 0 Å². The van der Waals surface area contributed by atoms with Gasteiger partial charge in [0.05, 0.1) is 25.9 Å². The number of benzene rings is 1. The van der Waals surface area contributed by atoms with Crippen molar-refractivity contribution in [3.63, 3.8) is 0 Å². The van der Waals surface area contributed by atoms with Crippen molar-refractivity contribution in [1.82, 2.24) is 0 Å². The van der Waals surface area contributed by atoms with Crippen LogP contribution < -0.4 is 9.47 Å². The minimum absolute atomic E-state index is 0.107. The van der Waals surface area contributed by atoms with Crippen molar-refractivity contribution >= 4 is 0 Å². The molecule has 5 nitrogen and oxygen atoms in total. The SMILES string of the molecule is COc1cc(O)cc(OC)c1C[C@H]1OC(C)(C)OC1(C)C. The minimum atomic E-state index is -0.619. The highest BCUT2D eigenvalue weighted by molar-refractivity contribution is 5.50. The second-order valence-corrected chi connectivity index (χ2v) is 6.24. The van der Waals surface area contributed by atoms with E-state index in [1.54, 1.807) is 26.4 Å².